The van der Waals surface area contributed by atoms with Gasteiger partial charge in [0.1, 0.15) is 0 Å². The summed E-state index contributed by atoms with van der Waals surface area (Å²) < 4.78 is 2.62. The van der Waals surface area contributed by atoms with Gasteiger partial charge in [-0.3, -0.25) is 14.9 Å². The van der Waals surface area contributed by atoms with Crippen LogP contribution in [-0.4, -0.2) is 16.9 Å². The fraction of sp³-hybridized carbons (Fsp3) is 0.167. The highest BCUT2D eigenvalue weighted by Crippen LogP contribution is 2.26. The van der Waals surface area contributed by atoms with Crippen molar-refractivity contribution < 1.29 is 9.59 Å². The minimum Gasteiger partial charge on any atom is -0.332 e. The Balaban J connectivity index is 2.06. The smallest absolute Gasteiger partial charge is 0.258 e. The third kappa shape index (κ3) is 6.64. The molecule has 9 heteroatoms. The van der Waals surface area contributed by atoms with E-state index in [1.807, 2.05) is 19.9 Å². The van der Waals surface area contributed by atoms with Crippen molar-refractivity contribution in [2.24, 2.45) is 5.92 Å². The van der Waals surface area contributed by atoms with E-state index in [1.54, 1.807) is 30.3 Å². The average molecular weight is 672 g/mol. The summed E-state index contributed by atoms with van der Waals surface area (Å²) in [5, 5.41) is 8.64. The van der Waals surface area contributed by atoms with E-state index in [-0.39, 0.29) is 22.8 Å². The van der Waals surface area contributed by atoms with Gasteiger partial charge in [0.05, 0.1) is 5.56 Å². The molecule has 0 atom stereocenters. The fourth-order valence-corrected chi connectivity index (χ4v) is 4.48. The Bertz CT molecular complexity index is 906. The molecule has 0 radical (unpaired) electrons. The molecule has 0 bridgehead atoms. The molecule has 3 N–H and O–H groups in total. The van der Waals surface area contributed by atoms with Crippen LogP contribution in [0.4, 0.5) is 11.4 Å². The first-order valence-corrected chi connectivity index (χ1v) is 11.2. The van der Waals surface area contributed by atoms with Crippen molar-refractivity contribution in [2.45, 2.75) is 13.8 Å². The molecule has 0 fully saturated rings. The van der Waals surface area contributed by atoms with Gasteiger partial charge in [-0.05, 0) is 104 Å². The summed E-state index contributed by atoms with van der Waals surface area (Å²) in [6.45, 7) is 3.65. The van der Waals surface area contributed by atoms with Gasteiger partial charge in [-0.2, -0.15) is 0 Å². The quantitative estimate of drug-likeness (QED) is 0.232. The van der Waals surface area contributed by atoms with Crippen LogP contribution in [0.1, 0.15) is 24.2 Å². The lowest BCUT2D eigenvalue weighted by atomic mass is 10.2. The van der Waals surface area contributed by atoms with Crippen LogP contribution in [0.15, 0.2) is 40.9 Å². The molecule has 0 saturated heterocycles. The van der Waals surface area contributed by atoms with Gasteiger partial charge in [-0.15, -0.1) is 0 Å². The van der Waals surface area contributed by atoms with Gasteiger partial charge in [0, 0.05) is 28.9 Å². The Hall–Kier alpha value is -0.790. The molecule has 0 aliphatic heterocycles. The molecule has 27 heavy (non-hydrogen) atoms. The Labute approximate surface area is 198 Å². The first-order chi connectivity index (χ1) is 12.7. The normalized spacial score (nSPS) is 10.4. The molecule has 5 nitrogen and oxygen atoms in total. The molecule has 0 aliphatic carbocycles. The number of nitrogens with one attached hydrogen (secondary N) is 3. The topological polar surface area (TPSA) is 70.2 Å². The minimum atomic E-state index is -0.305. The largest absolute Gasteiger partial charge is 0.332 e. The lowest BCUT2D eigenvalue weighted by Gasteiger charge is -2.13. The van der Waals surface area contributed by atoms with Gasteiger partial charge in [-0.25, -0.2) is 0 Å². The van der Waals surface area contributed by atoms with Crippen molar-refractivity contribution >= 4 is 102 Å². The first-order valence-electron chi connectivity index (χ1n) is 7.85. The van der Waals surface area contributed by atoms with Crippen LogP contribution in [0.5, 0.6) is 0 Å². The zero-order valence-electron chi connectivity index (χ0n) is 14.4. The maximum atomic E-state index is 12.5. The van der Waals surface area contributed by atoms with Crippen molar-refractivity contribution in [1.82, 2.24) is 5.32 Å². The van der Waals surface area contributed by atoms with E-state index >= 15 is 0 Å². The van der Waals surface area contributed by atoms with E-state index in [1.165, 1.54) is 0 Å². The van der Waals surface area contributed by atoms with E-state index in [0.717, 1.165) is 11.6 Å². The molecule has 2 aromatic carbocycles. The lowest BCUT2D eigenvalue weighted by molar-refractivity contribution is -0.118. The van der Waals surface area contributed by atoms with Gasteiger partial charge < -0.3 is 10.6 Å². The van der Waals surface area contributed by atoms with Crippen LogP contribution < -0.4 is 16.0 Å². The number of hydrogen-bond acceptors (Lipinski definition) is 3. The van der Waals surface area contributed by atoms with Crippen molar-refractivity contribution in [1.29, 1.82) is 0 Å². The molecular weight excluding hydrogens is 656 g/mol. The van der Waals surface area contributed by atoms with Gasteiger partial charge in [0.15, 0.2) is 5.11 Å². The predicted molar refractivity (Wildman–Crippen MR) is 133 cm³/mol. The van der Waals surface area contributed by atoms with Gasteiger partial charge in [-0.1, -0.05) is 19.9 Å². The molecule has 2 amide bonds. The molecular formula is C18H16BrI2N3O2S. The van der Waals surface area contributed by atoms with Crippen LogP contribution in [0, 0.1) is 13.1 Å². The highest BCUT2D eigenvalue weighted by molar-refractivity contribution is 14.1. The van der Waals surface area contributed by atoms with Crippen molar-refractivity contribution in [2.75, 3.05) is 10.6 Å². The minimum absolute atomic E-state index is 0.0684. The van der Waals surface area contributed by atoms with Gasteiger partial charge in [0.2, 0.25) is 5.91 Å². The number of hydrogen-bond donors (Lipinski definition) is 3. The maximum absolute atomic E-state index is 12.5. The number of halogens is 3. The van der Waals surface area contributed by atoms with Gasteiger partial charge >= 0.3 is 0 Å². The van der Waals surface area contributed by atoms with E-state index in [9.17, 15) is 9.59 Å². The lowest BCUT2D eigenvalue weighted by Crippen LogP contribution is -2.34. The molecule has 0 unspecified atom stereocenters. The monoisotopic (exact) mass is 671 g/mol. The summed E-state index contributed by atoms with van der Waals surface area (Å²) in [4.78, 5) is 24.3. The van der Waals surface area contributed by atoms with Crippen LogP contribution in [0.3, 0.4) is 0 Å². The number of carbonyl (C=O) groups excluding carboxylic acids is 2. The van der Waals surface area contributed by atoms with E-state index < -0.39 is 0 Å². The third-order valence-corrected chi connectivity index (χ3v) is 6.65. The van der Waals surface area contributed by atoms with Gasteiger partial charge in [0.25, 0.3) is 5.91 Å². The first kappa shape index (κ1) is 22.5. The Morgan fingerprint density at radius 2 is 1.70 bits per heavy atom. The Morgan fingerprint density at radius 1 is 1.07 bits per heavy atom. The SMILES string of the molecule is CC(C)C(=O)Nc1cccc(NC(=S)NC(=O)c2cc(I)cc(I)c2Br)c1. The van der Waals surface area contributed by atoms with E-state index in [0.29, 0.717) is 16.9 Å². The van der Waals surface area contributed by atoms with E-state index in [4.69, 9.17) is 12.2 Å². The molecule has 2 aromatic rings. The second-order valence-electron chi connectivity index (χ2n) is 5.88. The van der Waals surface area contributed by atoms with Crippen LogP contribution in [0.25, 0.3) is 0 Å². The zero-order chi connectivity index (χ0) is 20.1. The Morgan fingerprint density at radius 3 is 2.33 bits per heavy atom. The number of carbonyl (C=O) groups is 2. The summed E-state index contributed by atoms with van der Waals surface area (Å²) in [7, 11) is 0. The summed E-state index contributed by atoms with van der Waals surface area (Å²) in [6.07, 6.45) is 0. The number of rotatable bonds is 4. The molecule has 0 saturated carbocycles. The van der Waals surface area contributed by atoms with Crippen LogP contribution in [0.2, 0.25) is 0 Å². The number of anilines is 2. The zero-order valence-corrected chi connectivity index (χ0v) is 21.1. The van der Waals surface area contributed by atoms with Crippen molar-refractivity contribution in [3.05, 3.63) is 53.6 Å². The maximum Gasteiger partial charge on any atom is 0.258 e. The number of thiocarbonyl (C=S) groups is 1. The molecule has 0 aliphatic rings. The Kier molecular flexibility index (Phi) is 8.43. The summed E-state index contributed by atoms with van der Waals surface area (Å²) >= 11 is 13.0. The predicted octanol–water partition coefficient (Wildman–Crippen LogP) is 5.38. The number of amides is 2. The second-order valence-corrected chi connectivity index (χ2v) is 9.49. The molecule has 0 spiro atoms. The molecule has 2 rings (SSSR count). The van der Waals surface area contributed by atoms with Crippen molar-refractivity contribution in [3.63, 3.8) is 0 Å². The fourth-order valence-electron chi connectivity index (χ4n) is 2.02. The number of benzene rings is 2. The summed E-state index contributed by atoms with van der Waals surface area (Å²) in [5.74, 6) is -0.488. The summed E-state index contributed by atoms with van der Waals surface area (Å²) in [5.41, 5.74) is 1.83. The highest BCUT2D eigenvalue weighted by Gasteiger charge is 2.15. The van der Waals surface area contributed by atoms with E-state index in [2.05, 4.69) is 77.1 Å². The molecule has 142 valence electrons. The standard InChI is InChI=1S/C18H16BrI2N3O2S/c1-9(2)16(25)22-11-4-3-5-12(8-11)23-18(27)24-17(26)13-6-10(20)7-14(21)15(13)19/h3-9H,1-2H3,(H,22,25)(H2,23,24,26,27). The highest BCUT2D eigenvalue weighted by atomic mass is 127. The third-order valence-electron chi connectivity index (χ3n) is 3.38. The van der Waals surface area contributed by atoms with Crippen molar-refractivity contribution in [3.8, 4) is 0 Å². The molecule has 0 heterocycles. The second kappa shape index (κ2) is 10.1. The summed E-state index contributed by atoms with van der Waals surface area (Å²) in [6, 6.07) is 10.9. The van der Waals surface area contributed by atoms with Crippen LogP contribution in [-0.2, 0) is 4.79 Å². The average Bonchev–Trinajstić information content (AvgIpc) is 2.58. The van der Waals surface area contributed by atoms with Crippen LogP contribution >= 0.6 is 73.3 Å². The molecule has 0 aromatic heterocycles.